The molecule has 96 valence electrons. The largest absolute Gasteiger partial charge is 0.324 e. The van der Waals surface area contributed by atoms with Crippen molar-refractivity contribution >= 4 is 5.65 Å². The van der Waals surface area contributed by atoms with Crippen molar-refractivity contribution in [3.63, 3.8) is 0 Å². The summed E-state index contributed by atoms with van der Waals surface area (Å²) in [5.41, 5.74) is 9.39. The van der Waals surface area contributed by atoms with E-state index in [0.717, 1.165) is 17.0 Å². The average Bonchev–Trinajstić information content (AvgIpc) is 2.82. The standard InChI is InChI=1S/C15H16N4/c1-11-7-8-19-14(9-11)17-18-15(19)10-13(16)12-5-3-2-4-6-12/h2-9,13H,10,16H2,1H3. The van der Waals surface area contributed by atoms with E-state index in [1.54, 1.807) is 0 Å². The van der Waals surface area contributed by atoms with Crippen molar-refractivity contribution < 1.29 is 0 Å². The van der Waals surface area contributed by atoms with Gasteiger partial charge >= 0.3 is 0 Å². The summed E-state index contributed by atoms with van der Waals surface area (Å²) in [4.78, 5) is 0. The molecular formula is C15H16N4. The van der Waals surface area contributed by atoms with Crippen LogP contribution in [0.4, 0.5) is 0 Å². The smallest absolute Gasteiger partial charge is 0.161 e. The molecule has 2 N–H and O–H groups in total. The van der Waals surface area contributed by atoms with Crippen LogP contribution in [0, 0.1) is 6.92 Å². The quantitative estimate of drug-likeness (QED) is 0.778. The molecule has 19 heavy (non-hydrogen) atoms. The van der Waals surface area contributed by atoms with E-state index >= 15 is 0 Å². The average molecular weight is 252 g/mol. The molecule has 0 aliphatic carbocycles. The van der Waals surface area contributed by atoms with Gasteiger partial charge in [-0.25, -0.2) is 0 Å². The number of benzene rings is 1. The van der Waals surface area contributed by atoms with Crippen molar-refractivity contribution in [1.29, 1.82) is 0 Å². The third kappa shape index (κ3) is 2.35. The second-order valence-corrected chi connectivity index (χ2v) is 4.77. The molecule has 0 bridgehead atoms. The SMILES string of the molecule is Cc1ccn2c(CC(N)c3ccccc3)nnc2c1. The number of fused-ring (bicyclic) bond motifs is 1. The van der Waals surface area contributed by atoms with Crippen LogP contribution in [-0.4, -0.2) is 14.6 Å². The van der Waals surface area contributed by atoms with Crippen LogP contribution in [0.3, 0.4) is 0 Å². The summed E-state index contributed by atoms with van der Waals surface area (Å²) in [7, 11) is 0. The van der Waals surface area contributed by atoms with Crippen LogP contribution in [-0.2, 0) is 6.42 Å². The summed E-state index contributed by atoms with van der Waals surface area (Å²) < 4.78 is 2.00. The van der Waals surface area contributed by atoms with Crippen LogP contribution in [0.5, 0.6) is 0 Å². The van der Waals surface area contributed by atoms with Crippen molar-refractivity contribution in [3.05, 3.63) is 65.6 Å². The zero-order chi connectivity index (χ0) is 13.2. The van der Waals surface area contributed by atoms with Crippen LogP contribution in [0.15, 0.2) is 48.7 Å². The minimum Gasteiger partial charge on any atom is -0.324 e. The van der Waals surface area contributed by atoms with Crippen LogP contribution in [0.1, 0.15) is 23.0 Å². The van der Waals surface area contributed by atoms with E-state index in [4.69, 9.17) is 5.73 Å². The molecule has 4 heteroatoms. The van der Waals surface area contributed by atoms with E-state index in [1.807, 2.05) is 60.0 Å². The fraction of sp³-hybridized carbons (Fsp3) is 0.200. The Morgan fingerprint density at radius 1 is 1.16 bits per heavy atom. The number of aryl methyl sites for hydroxylation is 1. The Hall–Kier alpha value is -2.20. The summed E-state index contributed by atoms with van der Waals surface area (Å²) in [5.74, 6) is 0.895. The highest BCUT2D eigenvalue weighted by Crippen LogP contribution is 2.15. The second-order valence-electron chi connectivity index (χ2n) is 4.77. The van der Waals surface area contributed by atoms with E-state index in [2.05, 4.69) is 10.2 Å². The fourth-order valence-electron chi connectivity index (χ4n) is 2.20. The number of hydrogen-bond donors (Lipinski definition) is 1. The first kappa shape index (κ1) is 11.9. The van der Waals surface area contributed by atoms with Gasteiger partial charge in [-0.1, -0.05) is 30.3 Å². The predicted octanol–water partition coefficient (Wildman–Crippen LogP) is 2.28. The first-order valence-corrected chi connectivity index (χ1v) is 6.35. The zero-order valence-electron chi connectivity index (χ0n) is 10.8. The maximum atomic E-state index is 6.23. The highest BCUT2D eigenvalue weighted by Gasteiger charge is 2.11. The molecule has 0 spiro atoms. The lowest BCUT2D eigenvalue weighted by atomic mass is 10.0. The monoisotopic (exact) mass is 252 g/mol. The third-order valence-corrected chi connectivity index (χ3v) is 3.27. The Morgan fingerprint density at radius 2 is 1.95 bits per heavy atom. The number of pyridine rings is 1. The Bertz CT molecular complexity index is 688. The lowest BCUT2D eigenvalue weighted by Crippen LogP contribution is -2.15. The van der Waals surface area contributed by atoms with E-state index in [9.17, 15) is 0 Å². The molecular weight excluding hydrogens is 236 g/mol. The molecule has 0 radical (unpaired) electrons. The summed E-state index contributed by atoms with van der Waals surface area (Å²) in [6, 6.07) is 14.1. The Morgan fingerprint density at radius 3 is 2.74 bits per heavy atom. The van der Waals surface area contributed by atoms with Gasteiger partial charge in [0.15, 0.2) is 5.65 Å². The van der Waals surface area contributed by atoms with Gasteiger partial charge in [-0.15, -0.1) is 10.2 Å². The Balaban J connectivity index is 1.89. The number of aromatic nitrogens is 3. The lowest BCUT2D eigenvalue weighted by Gasteiger charge is -2.10. The van der Waals surface area contributed by atoms with Crippen LogP contribution >= 0.6 is 0 Å². The summed E-state index contributed by atoms with van der Waals surface area (Å²) in [6.07, 6.45) is 2.67. The molecule has 2 aromatic heterocycles. The summed E-state index contributed by atoms with van der Waals surface area (Å²) >= 11 is 0. The maximum Gasteiger partial charge on any atom is 0.161 e. The molecule has 1 atom stereocenters. The molecule has 0 amide bonds. The molecule has 0 aliphatic rings. The first-order chi connectivity index (χ1) is 9.24. The van der Waals surface area contributed by atoms with Crippen molar-refractivity contribution in [3.8, 4) is 0 Å². The third-order valence-electron chi connectivity index (χ3n) is 3.27. The zero-order valence-corrected chi connectivity index (χ0v) is 10.8. The molecule has 2 heterocycles. The second kappa shape index (κ2) is 4.82. The fourth-order valence-corrected chi connectivity index (χ4v) is 2.20. The van der Waals surface area contributed by atoms with E-state index in [0.29, 0.717) is 6.42 Å². The molecule has 3 rings (SSSR count). The van der Waals surface area contributed by atoms with Gasteiger partial charge < -0.3 is 5.73 Å². The van der Waals surface area contributed by atoms with Gasteiger partial charge in [0.05, 0.1) is 0 Å². The molecule has 0 saturated heterocycles. The van der Waals surface area contributed by atoms with Crippen LogP contribution in [0.25, 0.3) is 5.65 Å². The Kier molecular flexibility index (Phi) is 3.01. The predicted molar refractivity (Wildman–Crippen MR) is 74.8 cm³/mol. The molecule has 0 fully saturated rings. The van der Waals surface area contributed by atoms with Gasteiger partial charge in [-0.3, -0.25) is 4.40 Å². The van der Waals surface area contributed by atoms with Crippen LogP contribution in [0.2, 0.25) is 0 Å². The van der Waals surface area contributed by atoms with Gasteiger partial charge in [0.1, 0.15) is 5.82 Å². The Labute approximate surface area is 111 Å². The molecule has 0 aliphatic heterocycles. The highest BCUT2D eigenvalue weighted by molar-refractivity contribution is 5.40. The molecule has 3 aromatic rings. The van der Waals surface area contributed by atoms with Crippen LogP contribution < -0.4 is 5.73 Å². The van der Waals surface area contributed by atoms with Crippen molar-refractivity contribution in [2.24, 2.45) is 5.73 Å². The summed E-state index contributed by atoms with van der Waals surface area (Å²) in [5, 5.41) is 8.42. The normalized spacial score (nSPS) is 12.7. The van der Waals surface area contributed by atoms with Gasteiger partial charge in [-0.05, 0) is 30.2 Å². The summed E-state index contributed by atoms with van der Waals surface area (Å²) in [6.45, 7) is 2.05. The first-order valence-electron chi connectivity index (χ1n) is 6.35. The van der Waals surface area contributed by atoms with Crippen molar-refractivity contribution in [2.45, 2.75) is 19.4 Å². The number of nitrogens with zero attached hydrogens (tertiary/aromatic N) is 3. The molecule has 4 nitrogen and oxygen atoms in total. The number of nitrogens with two attached hydrogens (primary N) is 1. The number of rotatable bonds is 3. The minimum atomic E-state index is -0.0603. The number of hydrogen-bond acceptors (Lipinski definition) is 3. The highest BCUT2D eigenvalue weighted by atomic mass is 15.2. The van der Waals surface area contributed by atoms with Gasteiger partial charge in [0.2, 0.25) is 0 Å². The van der Waals surface area contributed by atoms with E-state index in [-0.39, 0.29) is 6.04 Å². The maximum absolute atomic E-state index is 6.23. The van der Waals surface area contributed by atoms with Gasteiger partial charge in [0.25, 0.3) is 0 Å². The minimum absolute atomic E-state index is 0.0603. The van der Waals surface area contributed by atoms with E-state index < -0.39 is 0 Å². The van der Waals surface area contributed by atoms with Crippen molar-refractivity contribution in [2.75, 3.05) is 0 Å². The van der Waals surface area contributed by atoms with Gasteiger partial charge in [0, 0.05) is 18.7 Å². The van der Waals surface area contributed by atoms with E-state index in [1.165, 1.54) is 5.56 Å². The van der Waals surface area contributed by atoms with Crippen molar-refractivity contribution in [1.82, 2.24) is 14.6 Å². The molecule has 1 unspecified atom stereocenters. The molecule has 0 saturated carbocycles. The topological polar surface area (TPSA) is 56.2 Å². The molecule has 1 aromatic carbocycles. The lowest BCUT2D eigenvalue weighted by molar-refractivity contribution is 0.680. The van der Waals surface area contributed by atoms with Gasteiger partial charge in [-0.2, -0.15) is 0 Å².